The molecule has 0 aliphatic heterocycles. The third-order valence-electron chi connectivity index (χ3n) is 0.859. The summed E-state index contributed by atoms with van der Waals surface area (Å²) in [6.45, 7) is 3.02. The van der Waals surface area contributed by atoms with Crippen LogP contribution in [0.5, 0.6) is 0 Å². The summed E-state index contributed by atoms with van der Waals surface area (Å²) in [5, 5.41) is 2.44. The van der Waals surface area contributed by atoms with Crippen molar-refractivity contribution in [3.05, 3.63) is 0 Å². The molecule has 0 aliphatic rings. The number of carbonyl (C=O) groups is 1. The molecule has 0 fully saturated rings. The van der Waals surface area contributed by atoms with Crippen LogP contribution in [-0.4, -0.2) is 19.2 Å². The molecule has 0 bridgehead atoms. The average molecular weight is 172 g/mol. The third-order valence-corrected chi connectivity index (χ3v) is 0.859. The van der Waals surface area contributed by atoms with Crippen molar-refractivity contribution in [1.82, 2.24) is 11.0 Å². The van der Waals surface area contributed by atoms with Crippen molar-refractivity contribution < 1.29 is 14.5 Å². The Labute approximate surface area is 71.3 Å². The van der Waals surface area contributed by atoms with E-state index in [9.17, 15) is 4.79 Å². The Morgan fingerprint density at radius 2 is 2.25 bits per heavy atom. The minimum absolute atomic E-state index is 0.222. The molecule has 1 atom stereocenters. The largest absolute Gasteiger partial charge is 0.319 e. The Morgan fingerprint density at radius 3 is 2.67 bits per heavy atom. The van der Waals surface area contributed by atoms with E-state index in [4.69, 9.17) is 4.84 Å². The van der Waals surface area contributed by atoms with E-state index in [0.29, 0.717) is 0 Å². The van der Waals surface area contributed by atoms with E-state index in [-0.39, 0.29) is 5.91 Å². The smallest absolute Gasteiger partial charge is 0.219 e. The van der Waals surface area contributed by atoms with E-state index in [1.807, 2.05) is 0 Å². The lowest BCUT2D eigenvalue weighted by molar-refractivity contribution is -0.177. The predicted molar refractivity (Wildman–Crippen MR) is 42.3 cm³/mol. The van der Waals surface area contributed by atoms with Crippen LogP contribution in [0.2, 0.25) is 0 Å². The second-order valence-electron chi connectivity index (χ2n) is 1.88. The Balaban J connectivity index is 3.83. The van der Waals surface area contributed by atoms with Gasteiger partial charge in [-0.2, -0.15) is 0 Å². The van der Waals surface area contributed by atoms with E-state index in [1.54, 1.807) is 6.92 Å². The zero-order valence-corrected chi connectivity index (χ0v) is 7.30. The topological polar surface area (TPSA) is 59.6 Å². The van der Waals surface area contributed by atoms with Gasteiger partial charge in [-0.3, -0.25) is 9.63 Å². The summed E-state index contributed by atoms with van der Waals surface area (Å²) in [5.74, 6) is 4.98. The van der Waals surface area contributed by atoms with Crippen LogP contribution in [0, 0.1) is 11.8 Å². The summed E-state index contributed by atoms with van der Waals surface area (Å²) in [7, 11) is 1.39. The summed E-state index contributed by atoms with van der Waals surface area (Å²) in [5.41, 5.74) is 2.12. The number of amides is 1. The van der Waals surface area contributed by atoms with Gasteiger partial charge in [-0.25, -0.2) is 4.84 Å². The Bertz CT molecular complexity index is 195. The standard InChI is InChI=1S/C7H12N2O3/c1-4-5-7(8-6(2)10)12-9-11-3/h7,9H,1-3H3,(H,8,10). The van der Waals surface area contributed by atoms with Gasteiger partial charge in [-0.1, -0.05) is 5.64 Å². The highest BCUT2D eigenvalue weighted by Gasteiger charge is 2.05. The van der Waals surface area contributed by atoms with Crippen molar-refractivity contribution >= 4 is 5.91 Å². The molecule has 0 aromatic heterocycles. The van der Waals surface area contributed by atoms with E-state index >= 15 is 0 Å². The molecule has 0 aliphatic carbocycles. The molecule has 1 unspecified atom stereocenters. The molecule has 0 saturated heterocycles. The lowest BCUT2D eigenvalue weighted by Crippen LogP contribution is -2.37. The first-order valence-electron chi connectivity index (χ1n) is 3.33. The second-order valence-corrected chi connectivity index (χ2v) is 1.88. The summed E-state index contributed by atoms with van der Waals surface area (Å²) in [4.78, 5) is 19.7. The third kappa shape index (κ3) is 5.68. The van der Waals surface area contributed by atoms with Crippen LogP contribution in [-0.2, 0) is 14.5 Å². The molecule has 5 heteroatoms. The molecular weight excluding hydrogens is 160 g/mol. The van der Waals surface area contributed by atoms with Crippen LogP contribution in [0.15, 0.2) is 0 Å². The van der Waals surface area contributed by atoms with Gasteiger partial charge in [0.05, 0.1) is 7.11 Å². The van der Waals surface area contributed by atoms with Crippen LogP contribution < -0.4 is 11.0 Å². The molecule has 1 amide bonds. The van der Waals surface area contributed by atoms with E-state index < -0.39 is 6.23 Å². The lowest BCUT2D eigenvalue weighted by atomic mass is 10.5. The van der Waals surface area contributed by atoms with Gasteiger partial charge in [-0.05, 0) is 12.8 Å². The molecule has 0 aromatic carbocycles. The van der Waals surface area contributed by atoms with Gasteiger partial charge < -0.3 is 5.32 Å². The summed E-state index contributed by atoms with van der Waals surface area (Å²) >= 11 is 0. The zero-order chi connectivity index (χ0) is 9.40. The highest BCUT2D eigenvalue weighted by atomic mass is 16.9. The minimum Gasteiger partial charge on any atom is -0.319 e. The molecule has 2 N–H and O–H groups in total. The average Bonchev–Trinajstić information content (AvgIpc) is 2.00. The maximum atomic E-state index is 10.6. The quantitative estimate of drug-likeness (QED) is 0.343. The summed E-state index contributed by atoms with van der Waals surface area (Å²) in [6.07, 6.45) is -0.688. The first-order chi connectivity index (χ1) is 5.70. The van der Waals surface area contributed by atoms with Crippen molar-refractivity contribution in [2.75, 3.05) is 7.11 Å². The second kappa shape index (κ2) is 6.61. The van der Waals surface area contributed by atoms with E-state index in [0.717, 1.165) is 0 Å². The predicted octanol–water partition coefficient (Wildman–Crippen LogP) is -0.446. The van der Waals surface area contributed by atoms with Crippen molar-refractivity contribution in [3.63, 3.8) is 0 Å². The molecule has 0 spiro atoms. The van der Waals surface area contributed by atoms with Crippen molar-refractivity contribution in [3.8, 4) is 11.8 Å². The molecule has 68 valence electrons. The zero-order valence-electron chi connectivity index (χ0n) is 7.30. The fourth-order valence-electron chi connectivity index (χ4n) is 0.507. The fourth-order valence-corrected chi connectivity index (χ4v) is 0.507. The van der Waals surface area contributed by atoms with Gasteiger partial charge in [-0.15, -0.1) is 5.92 Å². The molecule has 0 radical (unpaired) electrons. The monoisotopic (exact) mass is 172 g/mol. The highest BCUT2D eigenvalue weighted by Crippen LogP contribution is 1.81. The van der Waals surface area contributed by atoms with Crippen LogP contribution in [0.3, 0.4) is 0 Å². The molecule has 0 heterocycles. The van der Waals surface area contributed by atoms with Gasteiger partial charge in [0.25, 0.3) is 0 Å². The Morgan fingerprint density at radius 1 is 1.58 bits per heavy atom. The SMILES string of the molecule is CC#CC(NC(C)=O)ONOC. The molecule has 12 heavy (non-hydrogen) atoms. The Hall–Kier alpha value is -1.09. The fraction of sp³-hybridized carbons (Fsp3) is 0.571. The first-order valence-corrected chi connectivity index (χ1v) is 3.33. The minimum atomic E-state index is -0.688. The number of hydrogen-bond donors (Lipinski definition) is 2. The van der Waals surface area contributed by atoms with Gasteiger partial charge >= 0.3 is 0 Å². The maximum absolute atomic E-state index is 10.6. The number of nitrogens with one attached hydrogen (secondary N) is 2. The number of rotatable bonds is 4. The Kier molecular flexibility index (Phi) is 6.01. The van der Waals surface area contributed by atoms with Crippen molar-refractivity contribution in [1.29, 1.82) is 0 Å². The van der Waals surface area contributed by atoms with Crippen molar-refractivity contribution in [2.24, 2.45) is 0 Å². The molecule has 0 aromatic rings. The van der Waals surface area contributed by atoms with Crippen molar-refractivity contribution in [2.45, 2.75) is 20.1 Å². The molecule has 0 saturated carbocycles. The molecule has 0 rings (SSSR count). The van der Waals surface area contributed by atoms with E-state index in [2.05, 4.69) is 27.6 Å². The van der Waals surface area contributed by atoms with Gasteiger partial charge in [0.15, 0.2) is 0 Å². The summed E-state index contributed by atoms with van der Waals surface area (Å²) in [6, 6.07) is 0. The van der Waals surface area contributed by atoms with Crippen LogP contribution in [0.4, 0.5) is 0 Å². The van der Waals surface area contributed by atoms with E-state index in [1.165, 1.54) is 14.0 Å². The highest BCUT2D eigenvalue weighted by molar-refractivity contribution is 5.73. The van der Waals surface area contributed by atoms with Gasteiger partial charge in [0.1, 0.15) is 0 Å². The maximum Gasteiger partial charge on any atom is 0.219 e. The first kappa shape index (κ1) is 10.9. The van der Waals surface area contributed by atoms with Crippen LogP contribution in [0.1, 0.15) is 13.8 Å². The number of hydrogen-bond acceptors (Lipinski definition) is 4. The summed E-state index contributed by atoms with van der Waals surface area (Å²) < 4.78 is 0. The van der Waals surface area contributed by atoms with Gasteiger partial charge in [0.2, 0.25) is 12.1 Å². The molecule has 5 nitrogen and oxygen atoms in total. The van der Waals surface area contributed by atoms with Crippen LogP contribution >= 0.6 is 0 Å². The van der Waals surface area contributed by atoms with Gasteiger partial charge in [0, 0.05) is 6.92 Å². The normalized spacial score (nSPS) is 11.2. The molecular formula is C7H12N2O3. The van der Waals surface area contributed by atoms with Crippen LogP contribution in [0.25, 0.3) is 0 Å². The lowest BCUT2D eigenvalue weighted by Gasteiger charge is -2.11. The number of carbonyl (C=O) groups excluding carboxylic acids is 1.